The van der Waals surface area contributed by atoms with Gasteiger partial charge >= 0.3 is 6.36 Å². The number of carbonyl (C=O) groups excluding carboxylic acids is 1. The van der Waals surface area contributed by atoms with E-state index in [9.17, 15) is 18.0 Å². The summed E-state index contributed by atoms with van der Waals surface area (Å²) >= 11 is 1.42. The summed E-state index contributed by atoms with van der Waals surface area (Å²) in [4.78, 5) is 15.0. The Morgan fingerprint density at radius 3 is 2.54 bits per heavy atom. The summed E-state index contributed by atoms with van der Waals surface area (Å²) in [6.07, 6.45) is -4.75. The van der Waals surface area contributed by atoms with Crippen LogP contribution in [-0.4, -0.2) is 17.5 Å². The number of halogens is 3. The van der Waals surface area contributed by atoms with Crippen molar-refractivity contribution >= 4 is 23.4 Å². The lowest BCUT2D eigenvalue weighted by Gasteiger charge is -2.32. The Hall–Kier alpha value is -2.66. The number of nitriles is 1. The quantitative estimate of drug-likeness (QED) is 0.790. The molecule has 1 atom stereocenters. The number of fused-ring (bicyclic) bond motifs is 1. The normalized spacial score (nSPS) is 16.8. The fourth-order valence-corrected chi connectivity index (χ4v) is 3.66. The van der Waals surface area contributed by atoms with E-state index in [1.165, 1.54) is 36.0 Å². The van der Waals surface area contributed by atoms with E-state index in [2.05, 4.69) is 4.74 Å². The van der Waals surface area contributed by atoms with Gasteiger partial charge in [0.2, 0.25) is 5.91 Å². The first-order valence-corrected chi connectivity index (χ1v) is 8.51. The molecule has 1 heterocycles. The van der Waals surface area contributed by atoms with Crippen LogP contribution in [0.5, 0.6) is 5.75 Å². The van der Waals surface area contributed by atoms with Crippen LogP contribution in [0.15, 0.2) is 47.4 Å². The molecule has 0 aromatic heterocycles. The Balaban J connectivity index is 1.87. The Morgan fingerprint density at radius 2 is 1.92 bits per heavy atom. The van der Waals surface area contributed by atoms with Gasteiger partial charge < -0.3 is 9.64 Å². The molecule has 134 valence electrons. The first kappa shape index (κ1) is 18.1. The molecule has 4 nitrogen and oxygen atoms in total. The third-order valence-electron chi connectivity index (χ3n) is 3.79. The van der Waals surface area contributed by atoms with Gasteiger partial charge in [0, 0.05) is 4.90 Å². The number of rotatable bonds is 3. The second-order valence-corrected chi connectivity index (χ2v) is 7.05. The van der Waals surface area contributed by atoms with Crippen molar-refractivity contribution < 1.29 is 22.7 Å². The van der Waals surface area contributed by atoms with Crippen LogP contribution in [0.2, 0.25) is 0 Å². The number of ether oxygens (including phenoxy) is 1. The molecule has 2 aromatic carbocycles. The molecule has 2 aromatic rings. The van der Waals surface area contributed by atoms with Gasteiger partial charge in [0.15, 0.2) is 0 Å². The zero-order valence-electron chi connectivity index (χ0n) is 13.6. The minimum absolute atomic E-state index is 0.117. The van der Waals surface area contributed by atoms with Gasteiger partial charge in [-0.2, -0.15) is 5.26 Å². The van der Waals surface area contributed by atoms with Crippen molar-refractivity contribution in [3.05, 3.63) is 53.6 Å². The van der Waals surface area contributed by atoms with E-state index in [0.717, 1.165) is 4.90 Å². The highest BCUT2D eigenvalue weighted by molar-refractivity contribution is 8.00. The second-order valence-electron chi connectivity index (χ2n) is 5.67. The molecule has 0 N–H and O–H groups in total. The number of carbonyl (C=O) groups is 1. The highest BCUT2D eigenvalue weighted by atomic mass is 32.2. The number of benzene rings is 2. The maximum absolute atomic E-state index is 12.6. The average molecular weight is 378 g/mol. The third-order valence-corrected chi connectivity index (χ3v) is 4.95. The molecule has 0 aliphatic carbocycles. The van der Waals surface area contributed by atoms with Crippen molar-refractivity contribution in [2.24, 2.45) is 0 Å². The molecule has 0 fully saturated rings. The van der Waals surface area contributed by atoms with Gasteiger partial charge in [-0.1, -0.05) is 12.1 Å². The van der Waals surface area contributed by atoms with E-state index >= 15 is 0 Å². The standard InChI is InChI=1S/C18H13F3N2O2S/c1-11-17(24)23(15-8-13(9-22)4-7-16(15)26-11)10-12-2-5-14(6-3-12)25-18(19,20)21/h2-8,11H,10H2,1H3. The van der Waals surface area contributed by atoms with Crippen LogP contribution in [0.25, 0.3) is 0 Å². The van der Waals surface area contributed by atoms with Gasteiger partial charge in [-0.05, 0) is 42.8 Å². The number of nitrogens with zero attached hydrogens (tertiary/aromatic N) is 2. The van der Waals surface area contributed by atoms with Crippen molar-refractivity contribution in [3.8, 4) is 11.8 Å². The largest absolute Gasteiger partial charge is 0.573 e. The molecule has 1 amide bonds. The van der Waals surface area contributed by atoms with Crippen LogP contribution in [0, 0.1) is 11.3 Å². The molecule has 8 heteroatoms. The summed E-state index contributed by atoms with van der Waals surface area (Å²) in [6.45, 7) is 1.99. The van der Waals surface area contributed by atoms with E-state index in [1.54, 1.807) is 30.0 Å². The van der Waals surface area contributed by atoms with Crippen LogP contribution >= 0.6 is 11.8 Å². The summed E-state index contributed by atoms with van der Waals surface area (Å²) in [5, 5.41) is 8.80. The van der Waals surface area contributed by atoms with Crippen LogP contribution < -0.4 is 9.64 Å². The maximum atomic E-state index is 12.6. The van der Waals surface area contributed by atoms with E-state index in [0.29, 0.717) is 16.8 Å². The van der Waals surface area contributed by atoms with E-state index in [1.807, 2.05) is 6.07 Å². The van der Waals surface area contributed by atoms with Crippen molar-refractivity contribution in [1.29, 1.82) is 5.26 Å². The maximum Gasteiger partial charge on any atom is 0.573 e. The Kier molecular flexibility index (Phi) is 4.83. The molecule has 1 aliphatic heterocycles. The minimum Gasteiger partial charge on any atom is -0.406 e. The van der Waals surface area contributed by atoms with Crippen molar-refractivity contribution in [2.45, 2.75) is 30.0 Å². The Morgan fingerprint density at radius 1 is 1.23 bits per heavy atom. The number of amides is 1. The summed E-state index contributed by atoms with van der Waals surface area (Å²) < 4.78 is 40.6. The molecule has 3 rings (SSSR count). The Bertz CT molecular complexity index is 875. The molecule has 0 spiro atoms. The van der Waals surface area contributed by atoms with Crippen LogP contribution in [0.3, 0.4) is 0 Å². The van der Waals surface area contributed by atoms with Crippen LogP contribution in [-0.2, 0) is 11.3 Å². The van der Waals surface area contributed by atoms with Gasteiger partial charge in [0.05, 0.1) is 29.1 Å². The predicted octanol–water partition coefficient (Wildman–Crippen LogP) is 4.48. The number of thioether (sulfide) groups is 1. The fraction of sp³-hybridized carbons (Fsp3) is 0.222. The van der Waals surface area contributed by atoms with Crippen molar-refractivity contribution in [1.82, 2.24) is 0 Å². The third kappa shape index (κ3) is 3.94. The Labute approximate surface area is 152 Å². The lowest BCUT2D eigenvalue weighted by atomic mass is 10.1. The van der Waals surface area contributed by atoms with Crippen LogP contribution in [0.1, 0.15) is 18.1 Å². The van der Waals surface area contributed by atoms with Gasteiger partial charge in [0.1, 0.15) is 5.75 Å². The lowest BCUT2D eigenvalue weighted by molar-refractivity contribution is -0.274. The van der Waals surface area contributed by atoms with Gasteiger partial charge in [-0.3, -0.25) is 4.79 Å². The molecule has 0 bridgehead atoms. The second kappa shape index (κ2) is 6.92. The highest BCUT2D eigenvalue weighted by Gasteiger charge is 2.32. The summed E-state index contributed by atoms with van der Waals surface area (Å²) in [6, 6.07) is 12.6. The molecule has 0 radical (unpaired) electrons. The van der Waals surface area contributed by atoms with E-state index in [-0.39, 0.29) is 23.5 Å². The first-order chi connectivity index (χ1) is 12.3. The molecule has 0 saturated heterocycles. The van der Waals surface area contributed by atoms with Crippen molar-refractivity contribution in [2.75, 3.05) is 4.90 Å². The van der Waals surface area contributed by atoms with Gasteiger partial charge in [0.25, 0.3) is 0 Å². The number of hydrogen-bond acceptors (Lipinski definition) is 4. The highest BCUT2D eigenvalue weighted by Crippen LogP contribution is 2.40. The minimum atomic E-state index is -4.75. The molecular formula is C18H13F3N2O2S. The monoisotopic (exact) mass is 378 g/mol. The fourth-order valence-electron chi connectivity index (χ4n) is 2.62. The van der Waals surface area contributed by atoms with Gasteiger partial charge in [-0.25, -0.2) is 0 Å². The van der Waals surface area contributed by atoms with Crippen molar-refractivity contribution in [3.63, 3.8) is 0 Å². The molecule has 1 unspecified atom stereocenters. The molecular weight excluding hydrogens is 365 g/mol. The number of alkyl halides is 3. The SMILES string of the molecule is CC1Sc2ccc(C#N)cc2N(Cc2ccc(OC(F)(F)F)cc2)C1=O. The molecule has 1 aliphatic rings. The van der Waals surface area contributed by atoms with Crippen LogP contribution in [0.4, 0.5) is 18.9 Å². The van der Waals surface area contributed by atoms with E-state index < -0.39 is 6.36 Å². The zero-order valence-corrected chi connectivity index (χ0v) is 14.4. The topological polar surface area (TPSA) is 53.3 Å². The number of anilines is 1. The average Bonchev–Trinajstić information content (AvgIpc) is 2.59. The predicted molar refractivity (Wildman–Crippen MR) is 90.8 cm³/mol. The van der Waals surface area contributed by atoms with E-state index in [4.69, 9.17) is 5.26 Å². The first-order valence-electron chi connectivity index (χ1n) is 7.64. The zero-order chi connectivity index (χ0) is 18.9. The lowest BCUT2D eigenvalue weighted by Crippen LogP contribution is -2.39. The summed E-state index contributed by atoms with van der Waals surface area (Å²) in [5.74, 6) is -0.435. The molecule has 0 saturated carbocycles. The molecule has 26 heavy (non-hydrogen) atoms. The summed E-state index contributed by atoms with van der Waals surface area (Å²) in [7, 11) is 0. The smallest absolute Gasteiger partial charge is 0.406 e. The van der Waals surface area contributed by atoms with Gasteiger partial charge in [-0.15, -0.1) is 24.9 Å². The summed E-state index contributed by atoms with van der Waals surface area (Å²) in [5.41, 5.74) is 1.72. The number of hydrogen-bond donors (Lipinski definition) is 0.